The number of rotatable bonds is 3. The number of nitrogens with two attached hydrogens (primary N) is 1. The summed E-state index contributed by atoms with van der Waals surface area (Å²) >= 11 is 0. The molecule has 13 heavy (non-hydrogen) atoms. The molecule has 0 saturated carbocycles. The predicted molar refractivity (Wildman–Crippen MR) is 47.4 cm³/mol. The van der Waals surface area contributed by atoms with Crippen molar-refractivity contribution in [3.8, 4) is 0 Å². The maximum Gasteiger partial charge on any atom is 0.251 e. The van der Waals surface area contributed by atoms with E-state index in [1.807, 2.05) is 0 Å². The molecule has 0 aliphatic rings. The van der Waals surface area contributed by atoms with E-state index in [4.69, 9.17) is 5.73 Å². The molecule has 2 N–H and O–H groups in total. The van der Waals surface area contributed by atoms with Crippen molar-refractivity contribution in [2.45, 2.75) is 13.3 Å². The van der Waals surface area contributed by atoms with Crippen LogP contribution < -0.4 is 5.73 Å². The lowest BCUT2D eigenvalue weighted by atomic mass is 10.0. The number of carbonyl (C=O) groups is 2. The first-order chi connectivity index (χ1) is 6.16. The molecular formula is C9H10N2O2. The molecule has 4 heteroatoms. The van der Waals surface area contributed by atoms with Crippen LogP contribution in [0.25, 0.3) is 0 Å². The zero-order valence-corrected chi connectivity index (χ0v) is 7.28. The molecule has 1 amide bonds. The first-order valence-electron chi connectivity index (χ1n) is 3.93. The molecule has 1 aromatic rings. The number of nitrogens with zero attached hydrogens (tertiary/aromatic N) is 1. The number of primary amides is 1. The minimum atomic E-state index is -0.620. The Labute approximate surface area is 75.8 Å². The highest BCUT2D eigenvalue weighted by Crippen LogP contribution is 2.08. The molecule has 0 bridgehead atoms. The van der Waals surface area contributed by atoms with Gasteiger partial charge in [-0.05, 0) is 6.07 Å². The van der Waals surface area contributed by atoms with Gasteiger partial charge in [0.05, 0.1) is 5.56 Å². The third kappa shape index (κ3) is 1.90. The van der Waals surface area contributed by atoms with Gasteiger partial charge in [0.1, 0.15) is 0 Å². The van der Waals surface area contributed by atoms with E-state index < -0.39 is 5.91 Å². The van der Waals surface area contributed by atoms with Crippen molar-refractivity contribution >= 4 is 11.7 Å². The Kier molecular flexibility index (Phi) is 2.74. The van der Waals surface area contributed by atoms with Gasteiger partial charge in [0.2, 0.25) is 0 Å². The van der Waals surface area contributed by atoms with Crippen LogP contribution in [0.15, 0.2) is 18.5 Å². The minimum Gasteiger partial charge on any atom is -0.366 e. The Balaban J connectivity index is 3.19. The molecule has 1 rings (SSSR count). The summed E-state index contributed by atoms with van der Waals surface area (Å²) in [5, 5.41) is 0. The van der Waals surface area contributed by atoms with Crippen molar-refractivity contribution in [1.82, 2.24) is 4.98 Å². The highest BCUT2D eigenvalue weighted by Gasteiger charge is 2.12. The number of hydrogen-bond donors (Lipinski definition) is 1. The maximum absolute atomic E-state index is 11.3. The minimum absolute atomic E-state index is 0.101. The van der Waals surface area contributed by atoms with Crippen LogP contribution in [0.3, 0.4) is 0 Å². The third-order valence-electron chi connectivity index (χ3n) is 1.71. The van der Waals surface area contributed by atoms with Crippen LogP contribution in [0, 0.1) is 0 Å². The Morgan fingerprint density at radius 3 is 2.69 bits per heavy atom. The van der Waals surface area contributed by atoms with Gasteiger partial charge >= 0.3 is 0 Å². The van der Waals surface area contributed by atoms with E-state index >= 15 is 0 Å². The normalized spacial score (nSPS) is 9.62. The second-order valence-electron chi connectivity index (χ2n) is 2.56. The topological polar surface area (TPSA) is 73.1 Å². The van der Waals surface area contributed by atoms with Crippen LogP contribution in [0.5, 0.6) is 0 Å². The lowest BCUT2D eigenvalue weighted by Gasteiger charge is -2.01. The van der Waals surface area contributed by atoms with Gasteiger partial charge in [0.15, 0.2) is 5.78 Å². The number of amides is 1. The van der Waals surface area contributed by atoms with Crippen LogP contribution in [-0.4, -0.2) is 16.7 Å². The summed E-state index contributed by atoms with van der Waals surface area (Å²) < 4.78 is 0. The maximum atomic E-state index is 11.3. The Morgan fingerprint density at radius 1 is 1.46 bits per heavy atom. The monoisotopic (exact) mass is 178 g/mol. The molecule has 0 unspecified atom stereocenters. The van der Waals surface area contributed by atoms with Crippen molar-refractivity contribution in [1.29, 1.82) is 0 Å². The lowest BCUT2D eigenvalue weighted by Crippen LogP contribution is -2.16. The van der Waals surface area contributed by atoms with E-state index in [2.05, 4.69) is 4.98 Å². The quantitative estimate of drug-likeness (QED) is 0.695. The molecule has 0 saturated heterocycles. The first kappa shape index (κ1) is 9.38. The van der Waals surface area contributed by atoms with E-state index in [0.29, 0.717) is 12.0 Å². The fourth-order valence-electron chi connectivity index (χ4n) is 1.02. The van der Waals surface area contributed by atoms with E-state index in [-0.39, 0.29) is 11.3 Å². The van der Waals surface area contributed by atoms with Gasteiger partial charge in [-0.25, -0.2) is 0 Å². The molecule has 4 nitrogen and oxygen atoms in total. The number of carbonyl (C=O) groups excluding carboxylic acids is 2. The molecule has 1 heterocycles. The number of aromatic nitrogens is 1. The van der Waals surface area contributed by atoms with Crippen molar-refractivity contribution in [3.05, 3.63) is 29.6 Å². The first-order valence-corrected chi connectivity index (χ1v) is 3.93. The second kappa shape index (κ2) is 3.80. The highest BCUT2D eigenvalue weighted by molar-refractivity contribution is 6.07. The summed E-state index contributed by atoms with van der Waals surface area (Å²) in [6.07, 6.45) is 3.13. The highest BCUT2D eigenvalue weighted by atomic mass is 16.1. The van der Waals surface area contributed by atoms with Crippen LogP contribution in [0.2, 0.25) is 0 Å². The van der Waals surface area contributed by atoms with E-state index in [1.165, 1.54) is 18.5 Å². The van der Waals surface area contributed by atoms with Crippen LogP contribution in [0.1, 0.15) is 34.1 Å². The summed E-state index contributed by atoms with van der Waals surface area (Å²) in [5.41, 5.74) is 5.62. The molecule has 1 aromatic heterocycles. The Hall–Kier alpha value is -1.71. The van der Waals surface area contributed by atoms with Crippen molar-refractivity contribution in [2.75, 3.05) is 0 Å². The van der Waals surface area contributed by atoms with Crippen molar-refractivity contribution < 1.29 is 9.59 Å². The number of hydrogen-bond acceptors (Lipinski definition) is 3. The smallest absolute Gasteiger partial charge is 0.251 e. The zero-order chi connectivity index (χ0) is 9.84. The summed E-state index contributed by atoms with van der Waals surface area (Å²) in [4.78, 5) is 25.9. The van der Waals surface area contributed by atoms with E-state index in [0.717, 1.165) is 0 Å². The average molecular weight is 178 g/mol. The van der Waals surface area contributed by atoms with Crippen LogP contribution in [0.4, 0.5) is 0 Å². The van der Waals surface area contributed by atoms with Gasteiger partial charge in [-0.2, -0.15) is 0 Å². The molecule has 68 valence electrons. The largest absolute Gasteiger partial charge is 0.366 e. The number of pyridine rings is 1. The van der Waals surface area contributed by atoms with Gasteiger partial charge in [-0.1, -0.05) is 6.92 Å². The van der Waals surface area contributed by atoms with Crippen molar-refractivity contribution in [2.24, 2.45) is 5.73 Å². The van der Waals surface area contributed by atoms with Crippen molar-refractivity contribution in [3.63, 3.8) is 0 Å². The van der Waals surface area contributed by atoms with Gasteiger partial charge in [-0.3, -0.25) is 14.6 Å². The summed E-state index contributed by atoms with van der Waals surface area (Å²) in [5.74, 6) is -0.721. The molecule has 0 aromatic carbocycles. The Morgan fingerprint density at radius 2 is 2.15 bits per heavy atom. The fourth-order valence-corrected chi connectivity index (χ4v) is 1.02. The second-order valence-corrected chi connectivity index (χ2v) is 2.56. The zero-order valence-electron chi connectivity index (χ0n) is 7.28. The Bertz CT molecular complexity index is 347. The summed E-state index contributed by atoms with van der Waals surface area (Å²) in [6.45, 7) is 1.73. The van der Waals surface area contributed by atoms with E-state index in [1.54, 1.807) is 6.92 Å². The molecule has 0 aliphatic heterocycles. The van der Waals surface area contributed by atoms with Crippen LogP contribution >= 0.6 is 0 Å². The van der Waals surface area contributed by atoms with Crippen LogP contribution in [-0.2, 0) is 0 Å². The molecule has 0 aliphatic carbocycles. The summed E-state index contributed by atoms with van der Waals surface area (Å²) in [6, 6.07) is 1.51. The number of Topliss-reactive ketones (excluding diaryl/α,β-unsaturated/α-hetero) is 1. The van der Waals surface area contributed by atoms with Gasteiger partial charge in [0, 0.05) is 24.4 Å². The fraction of sp³-hybridized carbons (Fsp3) is 0.222. The van der Waals surface area contributed by atoms with Gasteiger partial charge in [-0.15, -0.1) is 0 Å². The molecular weight excluding hydrogens is 168 g/mol. The summed E-state index contributed by atoms with van der Waals surface area (Å²) in [7, 11) is 0. The molecule has 0 radical (unpaired) electrons. The van der Waals surface area contributed by atoms with Gasteiger partial charge < -0.3 is 5.73 Å². The predicted octanol–water partition coefficient (Wildman–Crippen LogP) is 0.773. The molecule has 0 spiro atoms. The third-order valence-corrected chi connectivity index (χ3v) is 1.71. The molecule has 0 atom stereocenters. The number of ketones is 1. The van der Waals surface area contributed by atoms with E-state index in [9.17, 15) is 9.59 Å². The molecule has 0 fully saturated rings. The standard InChI is InChI=1S/C9H10N2O2/c1-2-8(12)6-3-4-11-5-7(6)9(10)13/h3-5H,2H2,1H3,(H2,10,13). The SMILES string of the molecule is CCC(=O)c1ccncc1C(N)=O. The average Bonchev–Trinajstić information content (AvgIpc) is 2.16. The van der Waals surface area contributed by atoms with Gasteiger partial charge in [0.25, 0.3) is 5.91 Å². The lowest BCUT2D eigenvalue weighted by molar-refractivity contribution is 0.0960.